The van der Waals surface area contributed by atoms with Crippen LogP contribution in [0.5, 0.6) is 0 Å². The number of imidazole rings is 1. The molecular weight excluding hydrogens is 470 g/mol. The van der Waals surface area contributed by atoms with Crippen LogP contribution in [0.3, 0.4) is 0 Å². The van der Waals surface area contributed by atoms with Crippen LogP contribution in [0.25, 0.3) is 22.5 Å². The summed E-state index contributed by atoms with van der Waals surface area (Å²) in [5, 5.41) is 8.85. The van der Waals surface area contributed by atoms with Crippen LogP contribution in [-0.2, 0) is 22.3 Å². The Balaban J connectivity index is 1.38. The third-order valence-corrected chi connectivity index (χ3v) is 8.88. The smallest absolute Gasteiger partial charge is 0.277 e. The molecule has 178 valence electrons. The van der Waals surface area contributed by atoms with Crippen molar-refractivity contribution < 1.29 is 12.8 Å². The maximum atomic E-state index is 13.1. The van der Waals surface area contributed by atoms with Crippen LogP contribution < -0.4 is 0 Å². The summed E-state index contributed by atoms with van der Waals surface area (Å²) in [6.07, 6.45) is 2.91. The minimum Gasteiger partial charge on any atom is -0.411 e. The first-order valence-electron chi connectivity index (χ1n) is 11.5. The van der Waals surface area contributed by atoms with Crippen LogP contribution in [0.2, 0.25) is 0 Å². The summed E-state index contributed by atoms with van der Waals surface area (Å²) >= 11 is 1.42. The van der Waals surface area contributed by atoms with E-state index in [4.69, 9.17) is 9.40 Å². The SMILES string of the molecule is CCn1c(CSc2nnc(-c3ccccc3C)o2)nc2cc(S(=O)(=O)N3CCCCC3)ccc21. The summed E-state index contributed by atoms with van der Waals surface area (Å²) in [7, 11) is -3.50. The second kappa shape index (κ2) is 9.52. The molecule has 4 aromatic rings. The highest BCUT2D eigenvalue weighted by Crippen LogP contribution is 2.30. The van der Waals surface area contributed by atoms with Crippen molar-refractivity contribution in [2.24, 2.45) is 0 Å². The van der Waals surface area contributed by atoms with Crippen LogP contribution in [-0.4, -0.2) is 45.6 Å². The van der Waals surface area contributed by atoms with Gasteiger partial charge >= 0.3 is 0 Å². The highest BCUT2D eigenvalue weighted by molar-refractivity contribution is 7.98. The van der Waals surface area contributed by atoms with Gasteiger partial charge in [0.15, 0.2) is 0 Å². The number of sulfonamides is 1. The van der Waals surface area contributed by atoms with Gasteiger partial charge in [0.25, 0.3) is 5.22 Å². The molecular formula is C24H27N5O3S2. The fourth-order valence-electron chi connectivity index (χ4n) is 4.35. The number of hydrogen-bond donors (Lipinski definition) is 0. The maximum Gasteiger partial charge on any atom is 0.277 e. The quantitative estimate of drug-likeness (QED) is 0.336. The summed E-state index contributed by atoms with van der Waals surface area (Å²) in [5.41, 5.74) is 3.60. The summed E-state index contributed by atoms with van der Waals surface area (Å²) in [6, 6.07) is 13.1. The van der Waals surface area contributed by atoms with Crippen LogP contribution in [0.4, 0.5) is 0 Å². The highest BCUT2D eigenvalue weighted by atomic mass is 32.2. The number of benzene rings is 2. The van der Waals surface area contributed by atoms with E-state index in [9.17, 15) is 8.42 Å². The highest BCUT2D eigenvalue weighted by Gasteiger charge is 2.26. The van der Waals surface area contributed by atoms with E-state index in [2.05, 4.69) is 21.7 Å². The van der Waals surface area contributed by atoms with Gasteiger partial charge in [0.05, 0.1) is 21.7 Å². The normalized spacial score (nSPS) is 15.2. The van der Waals surface area contributed by atoms with Crippen molar-refractivity contribution in [3.05, 3.63) is 53.9 Å². The zero-order chi connectivity index (χ0) is 23.7. The molecule has 2 aromatic heterocycles. The lowest BCUT2D eigenvalue weighted by molar-refractivity contribution is 0.346. The Hall–Kier alpha value is -2.69. The average molecular weight is 498 g/mol. The summed E-state index contributed by atoms with van der Waals surface area (Å²) in [4.78, 5) is 5.07. The number of rotatable bonds is 7. The van der Waals surface area contributed by atoms with Crippen molar-refractivity contribution in [1.29, 1.82) is 0 Å². The predicted molar refractivity (Wildman–Crippen MR) is 132 cm³/mol. The summed E-state index contributed by atoms with van der Waals surface area (Å²) in [5.74, 6) is 1.87. The molecule has 1 aliphatic heterocycles. The molecule has 10 heteroatoms. The standard InChI is InChI=1S/C24H27N5O3S2/c1-3-29-21-12-11-18(34(30,31)28-13-7-4-8-14-28)15-20(21)25-22(29)16-33-24-27-26-23(32-24)19-10-6-5-9-17(19)2/h5-6,9-12,15H,3-4,7-8,13-14,16H2,1-2H3. The van der Waals surface area contributed by atoms with Crippen LogP contribution in [0.1, 0.15) is 37.6 Å². The topological polar surface area (TPSA) is 94.1 Å². The Kier molecular flexibility index (Phi) is 6.46. The largest absolute Gasteiger partial charge is 0.411 e. The maximum absolute atomic E-state index is 13.1. The van der Waals surface area contributed by atoms with Crippen molar-refractivity contribution in [1.82, 2.24) is 24.1 Å². The Bertz CT molecular complexity index is 1420. The lowest BCUT2D eigenvalue weighted by Gasteiger charge is -2.25. The molecule has 0 amide bonds. The van der Waals surface area contributed by atoms with Gasteiger partial charge in [0.1, 0.15) is 5.82 Å². The van der Waals surface area contributed by atoms with Crippen molar-refractivity contribution >= 4 is 32.8 Å². The molecule has 3 heterocycles. The molecule has 0 saturated carbocycles. The van der Waals surface area contributed by atoms with Crippen molar-refractivity contribution in [2.75, 3.05) is 13.1 Å². The molecule has 1 aliphatic rings. The van der Waals surface area contributed by atoms with E-state index in [1.54, 1.807) is 16.4 Å². The first kappa shape index (κ1) is 23.1. The summed E-state index contributed by atoms with van der Waals surface area (Å²) < 4.78 is 35.8. The number of nitrogens with zero attached hydrogens (tertiary/aromatic N) is 5. The Morgan fingerprint density at radius 1 is 1.06 bits per heavy atom. The van der Waals surface area contributed by atoms with Crippen molar-refractivity contribution in [3.63, 3.8) is 0 Å². The van der Waals surface area contributed by atoms with Gasteiger partial charge in [-0.15, -0.1) is 10.2 Å². The molecule has 1 saturated heterocycles. The van der Waals surface area contributed by atoms with Gasteiger partial charge < -0.3 is 8.98 Å². The molecule has 0 unspecified atom stereocenters. The van der Waals surface area contributed by atoms with Crippen molar-refractivity contribution in [2.45, 2.75) is 55.5 Å². The molecule has 0 radical (unpaired) electrons. The van der Waals surface area contributed by atoms with Gasteiger partial charge in [-0.1, -0.05) is 36.4 Å². The molecule has 0 aliphatic carbocycles. The molecule has 0 bridgehead atoms. The minimum absolute atomic E-state index is 0.307. The van der Waals surface area contributed by atoms with Crippen molar-refractivity contribution in [3.8, 4) is 11.5 Å². The monoisotopic (exact) mass is 497 g/mol. The molecule has 34 heavy (non-hydrogen) atoms. The van der Waals surface area contributed by atoms with E-state index in [-0.39, 0.29) is 0 Å². The Morgan fingerprint density at radius 3 is 2.62 bits per heavy atom. The third-order valence-electron chi connectivity index (χ3n) is 6.17. The second-order valence-corrected chi connectivity index (χ2v) is 11.2. The van der Waals surface area contributed by atoms with Gasteiger partial charge in [-0.3, -0.25) is 0 Å². The minimum atomic E-state index is -3.50. The Morgan fingerprint density at radius 2 is 1.85 bits per heavy atom. The number of thioether (sulfide) groups is 1. The first-order valence-corrected chi connectivity index (χ1v) is 13.9. The fraction of sp³-hybridized carbons (Fsp3) is 0.375. The van der Waals surface area contributed by atoms with E-state index in [0.717, 1.165) is 48.3 Å². The van der Waals surface area contributed by atoms with Gasteiger partial charge in [-0.25, -0.2) is 13.4 Å². The number of fused-ring (bicyclic) bond motifs is 1. The molecule has 8 nitrogen and oxygen atoms in total. The fourth-order valence-corrected chi connectivity index (χ4v) is 6.60. The predicted octanol–water partition coefficient (Wildman–Crippen LogP) is 4.88. The average Bonchev–Trinajstić information content (AvgIpc) is 3.47. The molecule has 1 fully saturated rings. The summed E-state index contributed by atoms with van der Waals surface area (Å²) in [6.45, 7) is 5.95. The van der Waals surface area contributed by atoms with Gasteiger partial charge in [0.2, 0.25) is 15.9 Å². The molecule has 0 spiro atoms. The van der Waals surface area contributed by atoms with Gasteiger partial charge in [-0.05, 0) is 56.5 Å². The lowest BCUT2D eigenvalue weighted by atomic mass is 10.1. The first-order chi connectivity index (χ1) is 16.5. The number of aryl methyl sites for hydroxylation is 2. The van der Waals surface area contributed by atoms with E-state index in [1.165, 1.54) is 11.8 Å². The zero-order valence-electron chi connectivity index (χ0n) is 19.3. The van der Waals surface area contributed by atoms with E-state index in [1.807, 2.05) is 37.3 Å². The second-order valence-electron chi connectivity index (χ2n) is 8.36. The third kappa shape index (κ3) is 4.37. The van der Waals surface area contributed by atoms with E-state index < -0.39 is 10.0 Å². The molecule has 0 atom stereocenters. The van der Waals surface area contributed by atoms with E-state index >= 15 is 0 Å². The zero-order valence-corrected chi connectivity index (χ0v) is 20.9. The number of aromatic nitrogens is 4. The van der Waals surface area contributed by atoms with Gasteiger partial charge in [0, 0.05) is 25.2 Å². The number of piperidine rings is 1. The Labute approximate surface area is 203 Å². The van der Waals surface area contributed by atoms with Crippen LogP contribution in [0.15, 0.2) is 57.0 Å². The molecule has 0 N–H and O–H groups in total. The van der Waals surface area contributed by atoms with Gasteiger partial charge in [-0.2, -0.15) is 4.31 Å². The van der Waals surface area contributed by atoms with Crippen LogP contribution in [0, 0.1) is 6.92 Å². The molecule has 2 aromatic carbocycles. The number of hydrogen-bond acceptors (Lipinski definition) is 7. The van der Waals surface area contributed by atoms with E-state index in [0.29, 0.717) is 40.4 Å². The molecule has 5 rings (SSSR count). The lowest BCUT2D eigenvalue weighted by Crippen LogP contribution is -2.35. The van der Waals surface area contributed by atoms with Crippen LogP contribution >= 0.6 is 11.8 Å².